The van der Waals surface area contributed by atoms with Crippen LogP contribution in [0.3, 0.4) is 0 Å². The van der Waals surface area contributed by atoms with E-state index in [-0.39, 0.29) is 56.3 Å². The number of terminal acetylenes is 2. The number of carbonyl (C=O) groups excluding carboxylic acids is 8. The first-order valence-corrected chi connectivity index (χ1v) is 23.3. The third-order valence-electron chi connectivity index (χ3n) is 12.7. The first kappa shape index (κ1) is 47.2. The topological polar surface area (TPSA) is 189 Å². The molecular formula is C61H35N5O10. The highest BCUT2D eigenvalue weighted by Crippen LogP contribution is 2.38. The monoisotopic (exact) mass is 997 g/mol. The number of amides is 8. The van der Waals surface area contributed by atoms with Crippen LogP contribution in [0.15, 0.2) is 170 Å². The predicted octanol–water partition coefficient (Wildman–Crippen LogP) is 10.4. The minimum atomic E-state index is -0.765. The summed E-state index contributed by atoms with van der Waals surface area (Å²) in [5, 5.41) is 5.51. The lowest BCUT2D eigenvalue weighted by Crippen LogP contribution is -2.30. The summed E-state index contributed by atoms with van der Waals surface area (Å²) in [7, 11) is 0. The highest BCUT2D eigenvalue weighted by atomic mass is 16.5. The lowest BCUT2D eigenvalue weighted by molar-refractivity contribution is 0.0910. The van der Waals surface area contributed by atoms with Crippen LogP contribution in [-0.4, -0.2) is 47.3 Å². The van der Waals surface area contributed by atoms with E-state index < -0.39 is 47.3 Å². The van der Waals surface area contributed by atoms with Gasteiger partial charge in [0.1, 0.15) is 23.0 Å². The van der Waals surface area contributed by atoms with E-state index in [2.05, 4.69) is 22.5 Å². The number of hydrogen-bond acceptors (Lipinski definition) is 10. The van der Waals surface area contributed by atoms with Gasteiger partial charge in [0.2, 0.25) is 0 Å². The van der Waals surface area contributed by atoms with Crippen LogP contribution in [0.5, 0.6) is 23.0 Å². The fraction of sp³-hybridized carbons (Fsp3) is 0.0164. The molecule has 76 heavy (non-hydrogen) atoms. The molecule has 0 spiro atoms. The van der Waals surface area contributed by atoms with Crippen molar-refractivity contribution in [2.24, 2.45) is 0 Å². The second-order valence-corrected chi connectivity index (χ2v) is 17.6. The Labute approximate surface area is 432 Å². The number of hydrogen-bond donors (Lipinski definition) is 2. The molecule has 3 aliphatic heterocycles. The number of fused-ring (bicyclic) bond motifs is 3. The molecule has 15 nitrogen and oxygen atoms in total. The van der Waals surface area contributed by atoms with E-state index in [0.717, 1.165) is 20.3 Å². The van der Waals surface area contributed by atoms with E-state index in [1.54, 1.807) is 115 Å². The van der Waals surface area contributed by atoms with Gasteiger partial charge in [-0.3, -0.25) is 38.4 Å². The van der Waals surface area contributed by atoms with Crippen molar-refractivity contribution in [3.8, 4) is 47.7 Å². The van der Waals surface area contributed by atoms with E-state index in [1.807, 2.05) is 6.92 Å². The number of nitrogens with one attached hydrogen (secondary N) is 2. The zero-order valence-electron chi connectivity index (χ0n) is 39.7. The smallest absolute Gasteiger partial charge is 0.266 e. The summed E-state index contributed by atoms with van der Waals surface area (Å²) in [6.45, 7) is 1.85. The molecule has 3 aliphatic rings. The Morgan fingerprint density at radius 3 is 1.13 bits per heavy atom. The number of anilines is 5. The van der Waals surface area contributed by atoms with Crippen LogP contribution in [0, 0.1) is 31.6 Å². The Morgan fingerprint density at radius 1 is 0.382 bits per heavy atom. The molecule has 0 saturated carbocycles. The standard InChI is InChI=1S/C61H35N5O10/c1-4-35-7-11-39(12-8-35)62-54(67)37-29-38(55(68)63-40-13-9-36(5-2)10-14-40)31-43(30-37)66-58(71)50-27-24-47(33-53(50)61(66)74)76-46-23-26-49-52(32-46)60(73)65(57(49)70)42-17-21-45(22-18-42)75-44-19-15-41(16-20-44)64-56(69)48-25-6-34(3)28-51(48)59(64)72/h1-2,6-33H,3H3,(H,62,67)(H,63,68). The number of benzene rings is 8. The summed E-state index contributed by atoms with van der Waals surface area (Å²) in [6, 6.07) is 43.4. The van der Waals surface area contributed by atoms with Gasteiger partial charge in [-0.25, -0.2) is 14.7 Å². The van der Waals surface area contributed by atoms with Crippen molar-refractivity contribution in [1.29, 1.82) is 0 Å². The molecule has 8 amide bonds. The number of imide groups is 3. The Morgan fingerprint density at radius 2 is 0.724 bits per heavy atom. The average Bonchev–Trinajstić information content (AvgIpc) is 3.96. The molecule has 3 heterocycles. The number of carbonyl (C=O) groups is 8. The van der Waals surface area contributed by atoms with Crippen LogP contribution >= 0.6 is 0 Å². The van der Waals surface area contributed by atoms with Gasteiger partial charge in [0, 0.05) is 33.6 Å². The number of rotatable bonds is 11. The molecule has 0 aromatic heterocycles. The lowest BCUT2D eigenvalue weighted by atomic mass is 10.1. The molecule has 364 valence electrons. The van der Waals surface area contributed by atoms with Crippen LogP contribution < -0.4 is 34.8 Å². The van der Waals surface area contributed by atoms with E-state index >= 15 is 0 Å². The largest absolute Gasteiger partial charge is 0.457 e. The Bertz CT molecular complexity index is 3880. The zero-order valence-corrected chi connectivity index (χ0v) is 39.7. The molecule has 15 heteroatoms. The molecule has 0 atom stereocenters. The molecule has 0 bridgehead atoms. The van der Waals surface area contributed by atoms with Crippen molar-refractivity contribution in [3.63, 3.8) is 0 Å². The first-order valence-electron chi connectivity index (χ1n) is 23.3. The van der Waals surface area contributed by atoms with Crippen LogP contribution in [0.2, 0.25) is 0 Å². The maximum atomic E-state index is 14.2. The fourth-order valence-electron chi connectivity index (χ4n) is 8.93. The fourth-order valence-corrected chi connectivity index (χ4v) is 8.93. The van der Waals surface area contributed by atoms with Gasteiger partial charge in [-0.05, 0) is 171 Å². The van der Waals surface area contributed by atoms with Gasteiger partial charge < -0.3 is 20.1 Å². The molecule has 2 N–H and O–H groups in total. The maximum Gasteiger partial charge on any atom is 0.266 e. The van der Waals surface area contributed by atoms with Gasteiger partial charge in [-0.2, -0.15) is 0 Å². The van der Waals surface area contributed by atoms with Crippen molar-refractivity contribution in [1.82, 2.24) is 0 Å². The van der Waals surface area contributed by atoms with Gasteiger partial charge in [0.25, 0.3) is 47.3 Å². The van der Waals surface area contributed by atoms with Crippen molar-refractivity contribution in [3.05, 3.63) is 231 Å². The lowest BCUT2D eigenvalue weighted by Gasteiger charge is -2.17. The van der Waals surface area contributed by atoms with Gasteiger partial charge in [-0.15, -0.1) is 12.8 Å². The molecule has 0 radical (unpaired) electrons. The third kappa shape index (κ3) is 8.53. The summed E-state index contributed by atoms with van der Waals surface area (Å²) in [5.74, 6) is 1.30. The quantitative estimate of drug-likeness (QED) is 0.0932. The summed E-state index contributed by atoms with van der Waals surface area (Å²) in [5.41, 5.74) is 4.23. The van der Waals surface area contributed by atoms with E-state index in [0.29, 0.717) is 50.8 Å². The summed E-state index contributed by atoms with van der Waals surface area (Å²) in [6.07, 6.45) is 11.0. The second-order valence-electron chi connectivity index (χ2n) is 17.6. The second kappa shape index (κ2) is 18.8. The first-order chi connectivity index (χ1) is 36.7. The summed E-state index contributed by atoms with van der Waals surface area (Å²) in [4.78, 5) is 112. The molecule has 11 rings (SSSR count). The van der Waals surface area contributed by atoms with Gasteiger partial charge in [0.15, 0.2) is 0 Å². The van der Waals surface area contributed by atoms with Crippen molar-refractivity contribution >= 4 is 75.7 Å². The minimum Gasteiger partial charge on any atom is -0.457 e. The van der Waals surface area contributed by atoms with Crippen molar-refractivity contribution < 1.29 is 47.8 Å². The van der Waals surface area contributed by atoms with E-state index in [9.17, 15) is 38.4 Å². The number of aryl methyl sites for hydroxylation is 1. The maximum absolute atomic E-state index is 14.2. The number of ether oxygens (including phenoxy) is 2. The molecule has 0 saturated heterocycles. The third-order valence-corrected chi connectivity index (χ3v) is 12.7. The van der Waals surface area contributed by atoms with Crippen LogP contribution in [0.25, 0.3) is 0 Å². The Kier molecular flexibility index (Phi) is 11.7. The predicted molar refractivity (Wildman–Crippen MR) is 282 cm³/mol. The molecule has 0 aliphatic carbocycles. The van der Waals surface area contributed by atoms with Crippen molar-refractivity contribution in [2.75, 3.05) is 25.3 Å². The van der Waals surface area contributed by atoms with Crippen molar-refractivity contribution in [2.45, 2.75) is 6.92 Å². The Hall–Kier alpha value is -11.2. The Balaban J connectivity index is 0.783. The summed E-state index contributed by atoms with van der Waals surface area (Å²) < 4.78 is 12.1. The molecule has 8 aromatic rings. The molecule has 8 aromatic carbocycles. The minimum absolute atomic E-state index is 0.0229. The molecule has 0 unspecified atom stereocenters. The van der Waals surface area contributed by atoms with Gasteiger partial charge in [-0.1, -0.05) is 23.5 Å². The van der Waals surface area contributed by atoms with Crippen LogP contribution in [0.1, 0.15) is 99.6 Å². The normalized spacial score (nSPS) is 13.2. The highest BCUT2D eigenvalue weighted by molar-refractivity contribution is 6.36. The summed E-state index contributed by atoms with van der Waals surface area (Å²) >= 11 is 0. The zero-order chi connectivity index (χ0) is 52.9. The van der Waals surface area contributed by atoms with Gasteiger partial charge >= 0.3 is 0 Å². The van der Waals surface area contributed by atoms with Crippen LogP contribution in [-0.2, 0) is 0 Å². The van der Waals surface area contributed by atoms with Crippen LogP contribution in [0.4, 0.5) is 28.4 Å². The van der Waals surface area contributed by atoms with E-state index in [1.165, 1.54) is 54.6 Å². The molecule has 0 fully saturated rings. The average molecular weight is 998 g/mol. The van der Waals surface area contributed by atoms with E-state index in [4.69, 9.17) is 22.3 Å². The van der Waals surface area contributed by atoms with Gasteiger partial charge in [0.05, 0.1) is 50.4 Å². The highest BCUT2D eigenvalue weighted by Gasteiger charge is 2.40. The SMILES string of the molecule is C#Cc1ccc(NC(=O)c2cc(C(=O)Nc3ccc(C#C)cc3)cc(N3C(=O)c4ccc(Oc5ccc6c(c5)C(=O)N(c5ccc(Oc7ccc(N8C(=O)c9ccc(C)cc9C8=O)cc7)cc5)C6=O)cc4C3=O)c2)cc1. The number of nitrogens with zero attached hydrogens (tertiary/aromatic N) is 3. The molecular weight excluding hydrogens is 963 g/mol.